The lowest BCUT2D eigenvalue weighted by Crippen LogP contribution is -2.51. The summed E-state index contributed by atoms with van der Waals surface area (Å²) in [7, 11) is -3.73. The van der Waals surface area contributed by atoms with Gasteiger partial charge in [-0.05, 0) is 25.5 Å². The van der Waals surface area contributed by atoms with Crippen LogP contribution in [0.4, 0.5) is 13.2 Å². The van der Waals surface area contributed by atoms with Crippen LogP contribution in [0.1, 0.15) is 25.0 Å². The third kappa shape index (κ3) is 5.92. The number of carbonyl (C=O) groups is 1. The van der Waals surface area contributed by atoms with E-state index in [1.54, 1.807) is 4.90 Å². The summed E-state index contributed by atoms with van der Waals surface area (Å²) in [6, 6.07) is 4.38. The number of piperazine rings is 1. The monoisotopic (exact) mass is 421 g/mol. The number of carbonyl (C=O) groups excluding carboxylic acids is 1. The SMILES string of the molecule is CCN(CC)C(=O)CN1CCN(S(=O)(=O)Cc2cccc(C(F)(F)F)c2)CC1. The van der Waals surface area contributed by atoms with Crippen molar-refractivity contribution >= 4 is 15.9 Å². The van der Waals surface area contributed by atoms with E-state index in [-0.39, 0.29) is 31.1 Å². The highest BCUT2D eigenvalue weighted by Gasteiger charge is 2.32. The summed E-state index contributed by atoms with van der Waals surface area (Å²) in [4.78, 5) is 15.8. The van der Waals surface area contributed by atoms with Gasteiger partial charge >= 0.3 is 6.18 Å². The van der Waals surface area contributed by atoms with E-state index in [0.717, 1.165) is 12.1 Å². The van der Waals surface area contributed by atoms with E-state index in [0.29, 0.717) is 26.2 Å². The summed E-state index contributed by atoms with van der Waals surface area (Å²) in [5.41, 5.74) is -0.756. The van der Waals surface area contributed by atoms with Crippen LogP contribution in [0.3, 0.4) is 0 Å². The first-order chi connectivity index (χ1) is 13.1. The molecular formula is C18H26F3N3O3S. The second kappa shape index (κ2) is 9.23. The maximum Gasteiger partial charge on any atom is 0.416 e. The average Bonchev–Trinajstić information content (AvgIpc) is 2.62. The molecule has 6 nitrogen and oxygen atoms in total. The van der Waals surface area contributed by atoms with E-state index in [9.17, 15) is 26.4 Å². The molecule has 0 spiro atoms. The number of likely N-dealkylation sites (N-methyl/N-ethyl adjacent to an activating group) is 1. The number of sulfonamides is 1. The molecule has 28 heavy (non-hydrogen) atoms. The Balaban J connectivity index is 1.95. The summed E-state index contributed by atoms with van der Waals surface area (Å²) < 4.78 is 64.9. The highest BCUT2D eigenvalue weighted by atomic mass is 32.2. The Kier molecular flexibility index (Phi) is 7.46. The van der Waals surface area contributed by atoms with Crippen LogP contribution in [0, 0.1) is 0 Å². The van der Waals surface area contributed by atoms with Gasteiger partial charge in [-0.25, -0.2) is 8.42 Å². The van der Waals surface area contributed by atoms with Crippen LogP contribution in [-0.4, -0.2) is 74.2 Å². The van der Waals surface area contributed by atoms with E-state index in [2.05, 4.69) is 0 Å². The lowest BCUT2D eigenvalue weighted by atomic mass is 10.1. The summed E-state index contributed by atoms with van der Waals surface area (Å²) in [6.45, 7) is 6.55. The van der Waals surface area contributed by atoms with Crippen molar-refractivity contribution in [2.24, 2.45) is 0 Å². The van der Waals surface area contributed by atoms with Gasteiger partial charge in [-0.2, -0.15) is 17.5 Å². The molecule has 1 saturated heterocycles. The van der Waals surface area contributed by atoms with Crippen molar-refractivity contribution in [1.29, 1.82) is 0 Å². The maximum absolute atomic E-state index is 12.8. The number of hydrogen-bond donors (Lipinski definition) is 0. The normalized spacial score (nSPS) is 16.9. The van der Waals surface area contributed by atoms with Crippen molar-refractivity contribution < 1.29 is 26.4 Å². The van der Waals surface area contributed by atoms with E-state index in [1.807, 2.05) is 18.7 Å². The molecule has 0 saturated carbocycles. The van der Waals surface area contributed by atoms with Crippen molar-refractivity contribution in [3.05, 3.63) is 35.4 Å². The van der Waals surface area contributed by atoms with Crippen LogP contribution in [0.15, 0.2) is 24.3 Å². The summed E-state index contributed by atoms with van der Waals surface area (Å²) in [6.07, 6.45) is -4.51. The number of nitrogens with zero attached hydrogens (tertiary/aromatic N) is 3. The molecule has 0 unspecified atom stereocenters. The largest absolute Gasteiger partial charge is 0.416 e. The van der Waals surface area contributed by atoms with E-state index < -0.39 is 27.5 Å². The molecule has 158 valence electrons. The third-order valence-electron chi connectivity index (χ3n) is 4.80. The van der Waals surface area contributed by atoms with Gasteiger partial charge in [0, 0.05) is 39.3 Å². The third-order valence-corrected chi connectivity index (χ3v) is 6.65. The first-order valence-corrected chi connectivity index (χ1v) is 10.8. The van der Waals surface area contributed by atoms with Gasteiger partial charge < -0.3 is 4.90 Å². The lowest BCUT2D eigenvalue weighted by molar-refractivity contribution is -0.137. The molecule has 1 aliphatic heterocycles. The van der Waals surface area contributed by atoms with Crippen LogP contribution in [0.2, 0.25) is 0 Å². The Morgan fingerprint density at radius 2 is 1.71 bits per heavy atom. The molecule has 1 aliphatic rings. The predicted molar refractivity (Wildman–Crippen MR) is 100 cm³/mol. The number of hydrogen-bond acceptors (Lipinski definition) is 4. The van der Waals surface area contributed by atoms with Crippen molar-refractivity contribution in [2.45, 2.75) is 25.8 Å². The Morgan fingerprint density at radius 1 is 1.11 bits per heavy atom. The summed E-state index contributed by atoms with van der Waals surface area (Å²) >= 11 is 0. The Bertz CT molecular complexity index is 772. The topological polar surface area (TPSA) is 60.9 Å². The van der Waals surface area contributed by atoms with E-state index in [1.165, 1.54) is 16.4 Å². The minimum Gasteiger partial charge on any atom is -0.342 e. The van der Waals surface area contributed by atoms with Gasteiger partial charge in [0.05, 0.1) is 17.9 Å². The van der Waals surface area contributed by atoms with Crippen molar-refractivity contribution in [2.75, 3.05) is 45.8 Å². The fourth-order valence-corrected chi connectivity index (χ4v) is 4.68. The average molecular weight is 421 g/mol. The molecule has 10 heteroatoms. The quantitative estimate of drug-likeness (QED) is 0.676. The molecule has 0 aliphatic carbocycles. The first-order valence-electron chi connectivity index (χ1n) is 9.21. The molecule has 1 aromatic carbocycles. The Morgan fingerprint density at radius 3 is 2.25 bits per heavy atom. The lowest BCUT2D eigenvalue weighted by Gasteiger charge is -2.34. The minimum atomic E-state index is -4.51. The van der Waals surface area contributed by atoms with Crippen LogP contribution in [0.25, 0.3) is 0 Å². The number of alkyl halides is 3. The van der Waals surface area contributed by atoms with Crippen molar-refractivity contribution in [1.82, 2.24) is 14.1 Å². The fraction of sp³-hybridized carbons (Fsp3) is 0.611. The van der Waals surface area contributed by atoms with Crippen LogP contribution < -0.4 is 0 Å². The smallest absolute Gasteiger partial charge is 0.342 e. The summed E-state index contributed by atoms with van der Waals surface area (Å²) in [5.74, 6) is -0.472. The zero-order chi connectivity index (χ0) is 20.9. The van der Waals surface area contributed by atoms with Crippen LogP contribution >= 0.6 is 0 Å². The number of amides is 1. The van der Waals surface area contributed by atoms with Gasteiger partial charge in [0.2, 0.25) is 15.9 Å². The first kappa shape index (κ1) is 22.6. The fourth-order valence-electron chi connectivity index (χ4n) is 3.17. The van der Waals surface area contributed by atoms with Crippen molar-refractivity contribution in [3.8, 4) is 0 Å². The maximum atomic E-state index is 12.8. The molecule has 0 aromatic heterocycles. The van der Waals surface area contributed by atoms with E-state index >= 15 is 0 Å². The van der Waals surface area contributed by atoms with Gasteiger partial charge in [0.15, 0.2) is 0 Å². The zero-order valence-electron chi connectivity index (χ0n) is 16.1. The van der Waals surface area contributed by atoms with Gasteiger partial charge in [0.1, 0.15) is 0 Å². The van der Waals surface area contributed by atoms with Crippen LogP contribution in [-0.2, 0) is 26.7 Å². The number of rotatable bonds is 7. The van der Waals surface area contributed by atoms with Gasteiger partial charge in [-0.3, -0.25) is 9.69 Å². The predicted octanol–water partition coefficient (Wildman–Crippen LogP) is 2.02. The second-order valence-corrected chi connectivity index (χ2v) is 8.66. The molecule has 1 amide bonds. The van der Waals surface area contributed by atoms with Crippen molar-refractivity contribution in [3.63, 3.8) is 0 Å². The van der Waals surface area contributed by atoms with Gasteiger partial charge in [0.25, 0.3) is 0 Å². The molecule has 0 atom stereocenters. The van der Waals surface area contributed by atoms with Crippen LogP contribution in [0.5, 0.6) is 0 Å². The molecule has 1 fully saturated rings. The molecule has 1 aromatic rings. The standard InChI is InChI=1S/C18H26F3N3O3S/c1-3-23(4-2)17(25)13-22-8-10-24(11-9-22)28(26,27)14-15-6-5-7-16(12-15)18(19,20)21/h5-7,12H,3-4,8-11,13-14H2,1-2H3. The molecular weight excluding hydrogens is 395 g/mol. The summed E-state index contributed by atoms with van der Waals surface area (Å²) in [5, 5.41) is 0. The highest BCUT2D eigenvalue weighted by Crippen LogP contribution is 2.30. The number of halogens is 3. The molecule has 1 heterocycles. The van der Waals surface area contributed by atoms with Gasteiger partial charge in [-0.1, -0.05) is 18.2 Å². The molecule has 0 bridgehead atoms. The molecule has 2 rings (SSSR count). The van der Waals surface area contributed by atoms with Gasteiger partial charge in [-0.15, -0.1) is 0 Å². The molecule has 0 N–H and O–H groups in total. The highest BCUT2D eigenvalue weighted by molar-refractivity contribution is 7.88. The van der Waals surface area contributed by atoms with E-state index in [4.69, 9.17) is 0 Å². The molecule has 0 radical (unpaired) electrons. The Hall–Kier alpha value is -1.65. The minimum absolute atomic E-state index is 0.00488. The Labute approximate surface area is 164 Å². The second-order valence-electron chi connectivity index (χ2n) is 6.70. The number of benzene rings is 1. The zero-order valence-corrected chi connectivity index (χ0v) is 16.9.